The Balaban J connectivity index is 2.83. The fourth-order valence-electron chi connectivity index (χ4n) is 2.83. The third kappa shape index (κ3) is 9.18. The number of hydrogen-bond acceptors (Lipinski definition) is 4. The zero-order valence-corrected chi connectivity index (χ0v) is 19.6. The highest BCUT2D eigenvalue weighted by Crippen LogP contribution is 2.19. The maximum absolute atomic E-state index is 12.6. The normalized spacial score (nSPS) is 12.3. The molecule has 0 aliphatic heterocycles. The molecule has 0 aromatic heterocycles. The Morgan fingerprint density at radius 1 is 1.07 bits per heavy atom. The van der Waals surface area contributed by atoms with Gasteiger partial charge in [-0.1, -0.05) is 51.1 Å². The van der Waals surface area contributed by atoms with Gasteiger partial charge in [-0.15, -0.1) is 11.5 Å². The molecule has 5 nitrogen and oxygen atoms in total. The van der Waals surface area contributed by atoms with E-state index in [4.69, 9.17) is 9.47 Å². The first-order valence-electron chi connectivity index (χ1n) is 10.3. The van der Waals surface area contributed by atoms with Crippen LogP contribution in [-0.4, -0.2) is 31.8 Å². The maximum atomic E-state index is 12.6. The van der Waals surface area contributed by atoms with Gasteiger partial charge in [0.1, 0.15) is 26.3 Å². The third-order valence-electron chi connectivity index (χ3n) is 4.89. The zero-order chi connectivity index (χ0) is 21.9. The summed E-state index contributed by atoms with van der Waals surface area (Å²) in [5.74, 6) is 2.67. The lowest BCUT2D eigenvalue weighted by atomic mass is 10.1. The monoisotopic (exact) mass is 417 g/mol. The first-order valence-corrected chi connectivity index (χ1v) is 13.0. The van der Waals surface area contributed by atoms with Crippen LogP contribution in [0.3, 0.4) is 0 Å². The fourth-order valence-corrected chi connectivity index (χ4v) is 5.34. The minimum atomic E-state index is -1.62. The SMILES string of the molecule is CC[Si](C#CC[C@H](NC(=O)OCc1ccccc1)C(=O)OC(C)(C)C)(CC)CC. The minimum Gasteiger partial charge on any atom is -0.458 e. The number of carbonyl (C=O) groups excluding carboxylic acids is 2. The number of benzene rings is 1. The highest BCUT2D eigenvalue weighted by Gasteiger charge is 2.28. The van der Waals surface area contributed by atoms with Crippen molar-refractivity contribution in [2.75, 3.05) is 0 Å². The molecule has 29 heavy (non-hydrogen) atoms. The van der Waals surface area contributed by atoms with Crippen LogP contribution in [0.4, 0.5) is 4.79 Å². The Bertz CT molecular complexity index is 704. The van der Waals surface area contributed by atoms with Crippen LogP contribution in [0.1, 0.15) is 53.5 Å². The number of esters is 1. The molecule has 1 rings (SSSR count). The Labute approximate surface area is 176 Å². The highest BCUT2D eigenvalue weighted by atomic mass is 28.3. The lowest BCUT2D eigenvalue weighted by Gasteiger charge is -2.24. The molecule has 6 heteroatoms. The first kappa shape index (κ1) is 24.8. The largest absolute Gasteiger partial charge is 0.458 e. The predicted octanol–water partition coefficient (Wildman–Crippen LogP) is 5.06. The Morgan fingerprint density at radius 3 is 2.17 bits per heavy atom. The van der Waals surface area contributed by atoms with Crippen molar-refractivity contribution in [1.82, 2.24) is 5.32 Å². The van der Waals surface area contributed by atoms with Gasteiger partial charge < -0.3 is 14.8 Å². The van der Waals surface area contributed by atoms with Gasteiger partial charge in [0.15, 0.2) is 0 Å². The van der Waals surface area contributed by atoms with E-state index in [0.717, 1.165) is 23.7 Å². The maximum Gasteiger partial charge on any atom is 0.408 e. The summed E-state index contributed by atoms with van der Waals surface area (Å²) in [6.45, 7) is 12.1. The minimum absolute atomic E-state index is 0.136. The average molecular weight is 418 g/mol. The molecule has 0 radical (unpaired) electrons. The van der Waals surface area contributed by atoms with Gasteiger partial charge in [-0.25, -0.2) is 9.59 Å². The van der Waals surface area contributed by atoms with Gasteiger partial charge in [0, 0.05) is 6.42 Å². The quantitative estimate of drug-likeness (QED) is 0.365. The molecule has 0 aliphatic carbocycles. The van der Waals surface area contributed by atoms with Gasteiger partial charge in [0.2, 0.25) is 0 Å². The summed E-state index contributed by atoms with van der Waals surface area (Å²) in [5, 5.41) is 2.63. The number of carbonyl (C=O) groups is 2. The topological polar surface area (TPSA) is 64.6 Å². The van der Waals surface area contributed by atoms with E-state index in [1.165, 1.54) is 0 Å². The van der Waals surface area contributed by atoms with Gasteiger partial charge in [0.25, 0.3) is 0 Å². The lowest BCUT2D eigenvalue weighted by molar-refractivity contribution is -0.157. The van der Waals surface area contributed by atoms with E-state index in [1.807, 2.05) is 30.3 Å². The number of rotatable bonds is 8. The van der Waals surface area contributed by atoms with Crippen molar-refractivity contribution < 1.29 is 19.1 Å². The number of amides is 1. The average Bonchev–Trinajstić information content (AvgIpc) is 2.68. The van der Waals surface area contributed by atoms with Crippen LogP contribution in [0.15, 0.2) is 30.3 Å². The second-order valence-corrected chi connectivity index (χ2v) is 13.1. The van der Waals surface area contributed by atoms with Gasteiger partial charge in [-0.2, -0.15) is 0 Å². The van der Waals surface area contributed by atoms with Crippen molar-refractivity contribution in [3.05, 3.63) is 35.9 Å². The number of nitrogens with one attached hydrogen (secondary N) is 1. The van der Waals surface area contributed by atoms with E-state index in [0.29, 0.717) is 0 Å². The molecule has 1 aromatic carbocycles. The summed E-state index contributed by atoms with van der Waals surface area (Å²) >= 11 is 0. The van der Waals surface area contributed by atoms with Gasteiger partial charge in [-0.05, 0) is 44.5 Å². The molecular formula is C23H35NO4Si. The molecule has 1 atom stereocenters. The van der Waals surface area contributed by atoms with Crippen LogP contribution in [0, 0.1) is 11.5 Å². The van der Waals surface area contributed by atoms with E-state index >= 15 is 0 Å². The standard InChI is InChI=1S/C23H35NO4Si/c1-7-29(8-2,9-3)17-13-16-20(21(25)28-23(4,5)6)24-22(26)27-18-19-14-11-10-12-15-19/h10-12,14-15,20H,7-9,16,18H2,1-6H3,(H,24,26)/t20-/m0/s1. The summed E-state index contributed by atoms with van der Waals surface area (Å²) in [5.41, 5.74) is 3.68. The Morgan fingerprint density at radius 2 is 1.66 bits per heavy atom. The first-order chi connectivity index (χ1) is 13.6. The molecular weight excluding hydrogens is 382 g/mol. The summed E-state index contributed by atoms with van der Waals surface area (Å²) in [7, 11) is -1.62. The van der Waals surface area contributed by atoms with Gasteiger partial charge in [0.05, 0.1) is 0 Å². The van der Waals surface area contributed by atoms with Crippen molar-refractivity contribution in [2.45, 2.75) is 84.3 Å². The Kier molecular flexibility index (Phi) is 9.97. The van der Waals surface area contributed by atoms with E-state index < -0.39 is 31.8 Å². The van der Waals surface area contributed by atoms with E-state index in [9.17, 15) is 9.59 Å². The summed E-state index contributed by atoms with van der Waals surface area (Å²) in [6.07, 6.45) is -0.444. The molecule has 0 aliphatic rings. The van der Waals surface area contributed by atoms with Crippen molar-refractivity contribution >= 4 is 20.1 Å². The second kappa shape index (κ2) is 11.7. The van der Waals surface area contributed by atoms with Crippen molar-refractivity contribution in [1.29, 1.82) is 0 Å². The van der Waals surface area contributed by atoms with Crippen LogP contribution in [0.5, 0.6) is 0 Å². The summed E-state index contributed by atoms with van der Waals surface area (Å²) in [4.78, 5) is 24.8. The van der Waals surface area contributed by atoms with Crippen LogP contribution in [0.2, 0.25) is 18.1 Å². The molecule has 160 valence electrons. The number of ether oxygens (including phenoxy) is 2. The molecule has 1 aromatic rings. The molecule has 0 heterocycles. The highest BCUT2D eigenvalue weighted by molar-refractivity contribution is 6.87. The molecule has 1 N–H and O–H groups in total. The van der Waals surface area contributed by atoms with Crippen LogP contribution in [0.25, 0.3) is 0 Å². The van der Waals surface area contributed by atoms with Crippen molar-refractivity contribution in [3.63, 3.8) is 0 Å². The number of alkyl carbamates (subject to hydrolysis) is 1. The van der Waals surface area contributed by atoms with Crippen molar-refractivity contribution in [3.8, 4) is 11.5 Å². The van der Waals surface area contributed by atoms with Crippen LogP contribution in [-0.2, 0) is 20.9 Å². The van der Waals surface area contributed by atoms with E-state index in [2.05, 4.69) is 37.6 Å². The summed E-state index contributed by atoms with van der Waals surface area (Å²) < 4.78 is 10.7. The molecule has 0 saturated heterocycles. The molecule has 0 bridgehead atoms. The van der Waals surface area contributed by atoms with Crippen molar-refractivity contribution in [2.24, 2.45) is 0 Å². The molecule has 1 amide bonds. The van der Waals surface area contributed by atoms with Gasteiger partial charge >= 0.3 is 12.1 Å². The summed E-state index contributed by atoms with van der Waals surface area (Å²) in [6, 6.07) is 11.8. The third-order valence-corrected chi connectivity index (χ3v) is 9.65. The molecule has 0 spiro atoms. The Hall–Kier alpha value is -2.26. The molecule has 0 saturated carbocycles. The van der Waals surface area contributed by atoms with Gasteiger partial charge in [-0.3, -0.25) is 0 Å². The van der Waals surface area contributed by atoms with E-state index in [-0.39, 0.29) is 13.0 Å². The smallest absolute Gasteiger partial charge is 0.408 e. The second-order valence-electron chi connectivity index (χ2n) is 8.14. The predicted molar refractivity (Wildman–Crippen MR) is 119 cm³/mol. The molecule has 0 fully saturated rings. The zero-order valence-electron chi connectivity index (χ0n) is 18.6. The lowest BCUT2D eigenvalue weighted by Crippen LogP contribution is -2.44. The fraction of sp³-hybridized carbons (Fsp3) is 0.565. The molecule has 0 unspecified atom stereocenters. The van der Waals surface area contributed by atoms with Crippen LogP contribution < -0.4 is 5.32 Å². The number of hydrogen-bond donors (Lipinski definition) is 1. The van der Waals surface area contributed by atoms with E-state index in [1.54, 1.807) is 20.8 Å². The van der Waals surface area contributed by atoms with Crippen LogP contribution >= 0.6 is 0 Å².